The van der Waals surface area contributed by atoms with Crippen LogP contribution in [-0.4, -0.2) is 61.8 Å². The standard InChI is InChI=1S/C16H26N4O3/c1-13(2)12-23-16-11-14(20(21)22)5-6-15(16)18-7-9-19(10-8-18)17(3)4/h5-6,11,13H,7-10,12H2,1-4H3. The Hall–Kier alpha value is -1.86. The average Bonchev–Trinajstić information content (AvgIpc) is 2.52. The first-order valence-electron chi connectivity index (χ1n) is 7.97. The lowest BCUT2D eigenvalue weighted by Crippen LogP contribution is -2.51. The van der Waals surface area contributed by atoms with Crippen LogP contribution in [0.5, 0.6) is 5.75 Å². The van der Waals surface area contributed by atoms with Gasteiger partial charge in [0.25, 0.3) is 5.69 Å². The van der Waals surface area contributed by atoms with Gasteiger partial charge in [0.15, 0.2) is 0 Å². The Labute approximate surface area is 137 Å². The predicted octanol–water partition coefficient (Wildman–Crippen LogP) is 2.23. The van der Waals surface area contributed by atoms with E-state index in [0.717, 1.165) is 31.9 Å². The second-order valence-electron chi connectivity index (χ2n) is 6.40. The molecule has 7 heteroatoms. The molecule has 128 valence electrons. The molecule has 1 aromatic carbocycles. The lowest BCUT2D eigenvalue weighted by molar-refractivity contribution is -0.384. The summed E-state index contributed by atoms with van der Waals surface area (Å²) in [6.07, 6.45) is 0. The van der Waals surface area contributed by atoms with E-state index in [9.17, 15) is 10.1 Å². The van der Waals surface area contributed by atoms with Crippen molar-refractivity contribution in [3.8, 4) is 5.75 Å². The van der Waals surface area contributed by atoms with Crippen LogP contribution in [0.3, 0.4) is 0 Å². The number of hydrazine groups is 1. The largest absolute Gasteiger partial charge is 0.491 e. The third-order valence-corrected chi connectivity index (χ3v) is 3.89. The maximum absolute atomic E-state index is 11.0. The second kappa shape index (κ2) is 7.61. The molecule has 2 rings (SSSR count). The van der Waals surface area contributed by atoms with Crippen molar-refractivity contribution in [2.45, 2.75) is 13.8 Å². The van der Waals surface area contributed by atoms with E-state index in [1.54, 1.807) is 12.1 Å². The summed E-state index contributed by atoms with van der Waals surface area (Å²) in [4.78, 5) is 12.9. The average molecular weight is 322 g/mol. The highest BCUT2D eigenvalue weighted by Crippen LogP contribution is 2.33. The minimum atomic E-state index is -0.379. The highest BCUT2D eigenvalue weighted by Gasteiger charge is 2.22. The number of ether oxygens (including phenoxy) is 1. The van der Waals surface area contributed by atoms with Crippen LogP contribution in [0.2, 0.25) is 0 Å². The monoisotopic (exact) mass is 322 g/mol. The molecule has 1 fully saturated rings. The molecule has 0 atom stereocenters. The first kappa shape index (κ1) is 17.5. The van der Waals surface area contributed by atoms with E-state index < -0.39 is 0 Å². The molecule has 1 aromatic rings. The maximum atomic E-state index is 11.0. The van der Waals surface area contributed by atoms with Crippen LogP contribution in [0.1, 0.15) is 13.8 Å². The second-order valence-corrected chi connectivity index (χ2v) is 6.40. The van der Waals surface area contributed by atoms with Crippen molar-refractivity contribution in [3.05, 3.63) is 28.3 Å². The fourth-order valence-corrected chi connectivity index (χ4v) is 2.59. The van der Waals surface area contributed by atoms with Gasteiger partial charge < -0.3 is 9.64 Å². The summed E-state index contributed by atoms with van der Waals surface area (Å²) < 4.78 is 5.85. The molecule has 0 unspecified atom stereocenters. The molecule has 1 aliphatic heterocycles. The number of anilines is 1. The number of hydrogen-bond acceptors (Lipinski definition) is 6. The number of nitro groups is 1. The Kier molecular flexibility index (Phi) is 5.79. The van der Waals surface area contributed by atoms with E-state index in [2.05, 4.69) is 28.8 Å². The van der Waals surface area contributed by atoms with E-state index in [0.29, 0.717) is 18.3 Å². The molecule has 0 saturated carbocycles. The van der Waals surface area contributed by atoms with Crippen molar-refractivity contribution >= 4 is 11.4 Å². The molecule has 0 aliphatic carbocycles. The fraction of sp³-hybridized carbons (Fsp3) is 0.625. The third kappa shape index (κ3) is 4.56. The summed E-state index contributed by atoms with van der Waals surface area (Å²) in [7, 11) is 4.08. The van der Waals surface area contributed by atoms with Gasteiger partial charge in [0.05, 0.1) is 23.3 Å². The van der Waals surface area contributed by atoms with Gasteiger partial charge in [-0.05, 0) is 12.0 Å². The van der Waals surface area contributed by atoms with Gasteiger partial charge in [-0.3, -0.25) is 10.1 Å². The van der Waals surface area contributed by atoms with Crippen molar-refractivity contribution in [1.29, 1.82) is 0 Å². The number of nitrogens with zero attached hydrogens (tertiary/aromatic N) is 4. The number of piperazine rings is 1. The van der Waals surface area contributed by atoms with Crippen LogP contribution in [0.15, 0.2) is 18.2 Å². The molecule has 23 heavy (non-hydrogen) atoms. The molecule has 0 aromatic heterocycles. The number of rotatable bonds is 6. The molecule has 1 heterocycles. The zero-order valence-electron chi connectivity index (χ0n) is 14.4. The Morgan fingerprint density at radius 1 is 1.26 bits per heavy atom. The van der Waals surface area contributed by atoms with E-state index >= 15 is 0 Å². The van der Waals surface area contributed by atoms with Crippen LogP contribution >= 0.6 is 0 Å². The summed E-state index contributed by atoms with van der Waals surface area (Å²) in [6.45, 7) is 8.26. The van der Waals surface area contributed by atoms with Crippen molar-refractivity contribution in [1.82, 2.24) is 10.0 Å². The summed E-state index contributed by atoms with van der Waals surface area (Å²) >= 11 is 0. The minimum Gasteiger partial charge on any atom is -0.491 e. The van der Waals surface area contributed by atoms with Crippen LogP contribution in [-0.2, 0) is 0 Å². The van der Waals surface area contributed by atoms with Gasteiger partial charge in [0.2, 0.25) is 0 Å². The summed E-state index contributed by atoms with van der Waals surface area (Å²) in [5, 5.41) is 15.4. The van der Waals surface area contributed by atoms with Crippen LogP contribution in [0, 0.1) is 16.0 Å². The zero-order valence-corrected chi connectivity index (χ0v) is 14.4. The zero-order chi connectivity index (χ0) is 17.0. The van der Waals surface area contributed by atoms with Crippen molar-refractivity contribution in [2.75, 3.05) is 51.8 Å². The molecule has 7 nitrogen and oxygen atoms in total. The van der Waals surface area contributed by atoms with Gasteiger partial charge in [-0.15, -0.1) is 0 Å². The lowest BCUT2D eigenvalue weighted by atomic mass is 10.2. The van der Waals surface area contributed by atoms with Gasteiger partial charge in [-0.1, -0.05) is 13.8 Å². The summed E-state index contributed by atoms with van der Waals surface area (Å²) in [5.74, 6) is 0.971. The minimum absolute atomic E-state index is 0.0689. The van der Waals surface area contributed by atoms with E-state index in [4.69, 9.17) is 4.74 Å². The lowest BCUT2D eigenvalue weighted by Gasteiger charge is -2.39. The first-order valence-corrected chi connectivity index (χ1v) is 7.97. The highest BCUT2D eigenvalue weighted by atomic mass is 16.6. The van der Waals surface area contributed by atoms with Gasteiger partial charge in [-0.2, -0.15) is 0 Å². The Morgan fingerprint density at radius 2 is 1.91 bits per heavy atom. The highest BCUT2D eigenvalue weighted by molar-refractivity contribution is 5.62. The van der Waals surface area contributed by atoms with Crippen molar-refractivity contribution < 1.29 is 9.66 Å². The molecular weight excluding hydrogens is 296 g/mol. The summed E-state index contributed by atoms with van der Waals surface area (Å²) in [6, 6.07) is 4.89. The fourth-order valence-electron chi connectivity index (χ4n) is 2.59. The third-order valence-electron chi connectivity index (χ3n) is 3.89. The van der Waals surface area contributed by atoms with Gasteiger partial charge in [0.1, 0.15) is 5.75 Å². The van der Waals surface area contributed by atoms with Gasteiger partial charge in [-0.25, -0.2) is 10.0 Å². The molecule has 0 amide bonds. The van der Waals surface area contributed by atoms with Crippen LogP contribution in [0.4, 0.5) is 11.4 Å². The van der Waals surface area contributed by atoms with Crippen molar-refractivity contribution in [3.63, 3.8) is 0 Å². The van der Waals surface area contributed by atoms with E-state index in [1.165, 1.54) is 6.07 Å². The number of non-ortho nitro benzene ring substituents is 1. The van der Waals surface area contributed by atoms with E-state index in [1.807, 2.05) is 14.1 Å². The predicted molar refractivity (Wildman–Crippen MR) is 90.9 cm³/mol. The van der Waals surface area contributed by atoms with E-state index in [-0.39, 0.29) is 10.6 Å². The number of benzene rings is 1. The summed E-state index contributed by atoms with van der Waals surface area (Å²) in [5.41, 5.74) is 1.01. The molecule has 1 saturated heterocycles. The maximum Gasteiger partial charge on any atom is 0.273 e. The first-order chi connectivity index (χ1) is 10.9. The SMILES string of the molecule is CC(C)COc1cc([N+](=O)[O-])ccc1N1CCN(N(C)C)CC1. The Balaban J connectivity index is 2.18. The number of nitro benzene ring substituents is 1. The Bertz CT molecular complexity index is 540. The normalized spacial score (nSPS) is 16.2. The van der Waals surface area contributed by atoms with Gasteiger partial charge >= 0.3 is 0 Å². The molecular formula is C16H26N4O3. The smallest absolute Gasteiger partial charge is 0.273 e. The molecule has 0 spiro atoms. The quantitative estimate of drug-likeness (QED) is 0.591. The van der Waals surface area contributed by atoms with Crippen LogP contribution in [0.25, 0.3) is 0 Å². The molecule has 0 radical (unpaired) electrons. The molecule has 1 aliphatic rings. The Morgan fingerprint density at radius 3 is 2.43 bits per heavy atom. The number of hydrogen-bond donors (Lipinski definition) is 0. The molecule has 0 bridgehead atoms. The van der Waals surface area contributed by atoms with Crippen molar-refractivity contribution in [2.24, 2.45) is 5.92 Å². The molecule has 0 N–H and O–H groups in total. The van der Waals surface area contributed by atoms with Crippen LogP contribution < -0.4 is 9.64 Å². The topological polar surface area (TPSA) is 62.1 Å². The van der Waals surface area contributed by atoms with Gasteiger partial charge in [0, 0.05) is 46.3 Å².